The second kappa shape index (κ2) is 10.1. The van der Waals surface area contributed by atoms with E-state index in [-0.39, 0.29) is 48.4 Å². The maximum absolute atomic E-state index is 15.6. The number of likely N-dealkylation sites (tertiary alicyclic amines) is 1. The Balaban J connectivity index is 1.59. The number of anilines is 2. The number of carboxylic acids is 1. The van der Waals surface area contributed by atoms with Crippen LogP contribution in [0.2, 0.25) is 0 Å². The highest BCUT2D eigenvalue weighted by atomic mass is 19.2. The lowest BCUT2D eigenvalue weighted by atomic mass is 9.74. The lowest BCUT2D eigenvalue weighted by molar-refractivity contribution is -0.152. The smallest absolute Gasteiger partial charge is 0.310 e. The van der Waals surface area contributed by atoms with Crippen LogP contribution in [-0.4, -0.2) is 49.4 Å². The van der Waals surface area contributed by atoms with Crippen molar-refractivity contribution in [1.29, 1.82) is 0 Å². The van der Waals surface area contributed by atoms with Crippen molar-refractivity contribution in [2.75, 3.05) is 18.4 Å². The molecule has 0 amide bonds. The Hall–Kier alpha value is -3.44. The predicted molar refractivity (Wildman–Crippen MR) is 131 cm³/mol. The molecule has 198 valence electrons. The van der Waals surface area contributed by atoms with E-state index in [1.165, 1.54) is 32.0 Å². The van der Waals surface area contributed by atoms with Gasteiger partial charge in [-0.3, -0.25) is 14.8 Å². The van der Waals surface area contributed by atoms with E-state index < -0.39 is 34.4 Å². The first-order chi connectivity index (χ1) is 17.4. The van der Waals surface area contributed by atoms with Crippen molar-refractivity contribution in [3.8, 4) is 0 Å². The number of aryl methyl sites for hydroxylation is 1. The van der Waals surface area contributed by atoms with Crippen molar-refractivity contribution < 1.29 is 28.2 Å². The predicted octanol–water partition coefficient (Wildman–Crippen LogP) is 4.41. The van der Waals surface area contributed by atoms with Gasteiger partial charge in [-0.15, -0.1) is 0 Å². The molecule has 1 saturated heterocycles. The third-order valence-electron chi connectivity index (χ3n) is 6.85. The van der Waals surface area contributed by atoms with E-state index in [2.05, 4.69) is 20.5 Å². The molecule has 2 aromatic heterocycles. The second-order valence-corrected chi connectivity index (χ2v) is 10.2. The average molecular weight is 518 g/mol. The van der Waals surface area contributed by atoms with Gasteiger partial charge in [-0.05, 0) is 58.8 Å². The van der Waals surface area contributed by atoms with Crippen LogP contribution in [0.25, 0.3) is 0 Å². The SMILES string of the molecule is Cc1cc(Nc2cc(C(C)(C)O)c(F)c(CC3(C(=O)O)CCN(Cc4cccc(F)c4F)CC3)n2)n[nH]1. The van der Waals surface area contributed by atoms with Gasteiger partial charge < -0.3 is 15.5 Å². The molecule has 0 bridgehead atoms. The van der Waals surface area contributed by atoms with Gasteiger partial charge in [0, 0.05) is 35.9 Å². The normalized spacial score (nSPS) is 16.1. The zero-order chi connectivity index (χ0) is 27.0. The van der Waals surface area contributed by atoms with Gasteiger partial charge in [0.2, 0.25) is 0 Å². The van der Waals surface area contributed by atoms with E-state index in [1.54, 1.807) is 6.07 Å². The number of hydrogen-bond acceptors (Lipinski definition) is 6. The van der Waals surface area contributed by atoms with Crippen LogP contribution in [0.4, 0.5) is 24.8 Å². The summed E-state index contributed by atoms with van der Waals surface area (Å²) in [4.78, 5) is 18.7. The van der Waals surface area contributed by atoms with Crippen molar-refractivity contribution in [1.82, 2.24) is 20.1 Å². The molecule has 0 aliphatic carbocycles. The van der Waals surface area contributed by atoms with Crippen molar-refractivity contribution in [2.24, 2.45) is 5.41 Å². The first-order valence-corrected chi connectivity index (χ1v) is 12.0. The maximum Gasteiger partial charge on any atom is 0.310 e. The molecule has 4 rings (SSSR count). The van der Waals surface area contributed by atoms with Crippen LogP contribution in [0.3, 0.4) is 0 Å². The molecule has 0 spiro atoms. The minimum Gasteiger partial charge on any atom is -0.481 e. The number of aliphatic carboxylic acids is 1. The zero-order valence-electron chi connectivity index (χ0n) is 20.9. The molecule has 0 unspecified atom stereocenters. The van der Waals surface area contributed by atoms with Crippen LogP contribution in [0.15, 0.2) is 30.3 Å². The summed E-state index contributed by atoms with van der Waals surface area (Å²) < 4.78 is 43.3. The van der Waals surface area contributed by atoms with Gasteiger partial charge >= 0.3 is 5.97 Å². The Labute approximate surface area is 212 Å². The molecule has 1 aromatic carbocycles. The van der Waals surface area contributed by atoms with Gasteiger partial charge in [-0.1, -0.05) is 12.1 Å². The molecule has 11 heteroatoms. The van der Waals surface area contributed by atoms with Gasteiger partial charge in [0.05, 0.1) is 16.7 Å². The molecule has 3 aromatic rings. The molecule has 37 heavy (non-hydrogen) atoms. The van der Waals surface area contributed by atoms with Crippen LogP contribution in [0.1, 0.15) is 49.2 Å². The van der Waals surface area contributed by atoms with Crippen molar-refractivity contribution in [2.45, 2.75) is 52.2 Å². The Morgan fingerprint density at radius 1 is 1.16 bits per heavy atom. The van der Waals surface area contributed by atoms with E-state index in [0.717, 1.165) is 11.8 Å². The number of pyridine rings is 1. The van der Waals surface area contributed by atoms with Gasteiger partial charge in [-0.2, -0.15) is 5.10 Å². The molecule has 1 fully saturated rings. The Morgan fingerprint density at radius 2 is 1.86 bits per heavy atom. The second-order valence-electron chi connectivity index (χ2n) is 10.2. The molecule has 3 heterocycles. The number of carbonyl (C=O) groups is 1. The minimum absolute atomic E-state index is 0.0215. The minimum atomic E-state index is -1.55. The van der Waals surface area contributed by atoms with Crippen LogP contribution in [0, 0.1) is 29.8 Å². The number of halogens is 3. The number of rotatable bonds is 8. The maximum atomic E-state index is 15.6. The van der Waals surface area contributed by atoms with Crippen LogP contribution < -0.4 is 5.32 Å². The summed E-state index contributed by atoms with van der Waals surface area (Å²) in [7, 11) is 0. The van der Waals surface area contributed by atoms with E-state index in [1.807, 2.05) is 11.8 Å². The van der Waals surface area contributed by atoms with Gasteiger partial charge in [0.1, 0.15) is 5.82 Å². The van der Waals surface area contributed by atoms with Crippen LogP contribution >= 0.6 is 0 Å². The number of benzene rings is 1. The summed E-state index contributed by atoms with van der Waals surface area (Å²) in [6.07, 6.45) is 0.122. The van der Waals surface area contributed by atoms with Gasteiger partial charge in [0.15, 0.2) is 23.3 Å². The van der Waals surface area contributed by atoms with E-state index in [9.17, 15) is 23.8 Å². The van der Waals surface area contributed by atoms with E-state index in [4.69, 9.17) is 0 Å². The molecular weight excluding hydrogens is 487 g/mol. The first kappa shape index (κ1) is 26.6. The van der Waals surface area contributed by atoms with Crippen molar-refractivity contribution in [3.63, 3.8) is 0 Å². The number of nitrogens with one attached hydrogen (secondary N) is 2. The topological polar surface area (TPSA) is 114 Å². The number of aromatic nitrogens is 3. The fourth-order valence-electron chi connectivity index (χ4n) is 4.66. The monoisotopic (exact) mass is 517 g/mol. The summed E-state index contributed by atoms with van der Waals surface area (Å²) in [6, 6.07) is 7.08. The summed E-state index contributed by atoms with van der Waals surface area (Å²) in [6.45, 7) is 5.43. The number of aliphatic hydroxyl groups is 1. The third kappa shape index (κ3) is 5.78. The first-order valence-electron chi connectivity index (χ1n) is 12.0. The quantitative estimate of drug-likeness (QED) is 0.350. The summed E-state index contributed by atoms with van der Waals surface area (Å²) in [5.41, 5.74) is -1.98. The fourth-order valence-corrected chi connectivity index (χ4v) is 4.66. The molecule has 8 nitrogen and oxygen atoms in total. The van der Waals surface area contributed by atoms with Crippen LogP contribution in [-0.2, 0) is 23.4 Å². The number of hydrogen-bond donors (Lipinski definition) is 4. The Kier molecular flexibility index (Phi) is 7.29. The van der Waals surface area contributed by atoms with Crippen molar-refractivity contribution in [3.05, 3.63) is 70.3 Å². The Bertz CT molecular complexity index is 1300. The zero-order valence-corrected chi connectivity index (χ0v) is 20.9. The molecule has 0 saturated carbocycles. The third-order valence-corrected chi connectivity index (χ3v) is 6.85. The standard InChI is InChI=1S/C26H30F3N5O3/c1-15-11-21(33-32-15)31-20-12-17(25(2,3)37)23(29)19(30-20)13-26(24(35)36)7-9-34(10-8-26)14-16-5-4-6-18(27)22(16)28/h4-6,11-12,37H,7-10,13-14H2,1-3H3,(H,35,36)(H2,30,31,32,33). The number of carboxylic acid groups (broad SMARTS) is 1. The Morgan fingerprint density at radius 3 is 2.46 bits per heavy atom. The number of aromatic amines is 1. The van der Waals surface area contributed by atoms with Gasteiger partial charge in [0.25, 0.3) is 0 Å². The molecule has 0 radical (unpaired) electrons. The fraction of sp³-hybridized carbons (Fsp3) is 0.423. The molecule has 1 aliphatic rings. The number of piperidine rings is 1. The lowest BCUT2D eigenvalue weighted by Gasteiger charge is -2.39. The highest BCUT2D eigenvalue weighted by Gasteiger charge is 2.43. The number of H-pyrrole nitrogens is 1. The summed E-state index contributed by atoms with van der Waals surface area (Å²) in [5.74, 6) is -3.04. The van der Waals surface area contributed by atoms with Crippen molar-refractivity contribution >= 4 is 17.6 Å². The lowest BCUT2D eigenvalue weighted by Crippen LogP contribution is -2.45. The summed E-state index contributed by atoms with van der Waals surface area (Å²) >= 11 is 0. The summed E-state index contributed by atoms with van der Waals surface area (Å²) in [5, 5.41) is 30.6. The molecular formula is C26H30F3N5O3. The van der Waals surface area contributed by atoms with E-state index in [0.29, 0.717) is 18.9 Å². The molecule has 4 N–H and O–H groups in total. The number of nitrogens with zero attached hydrogens (tertiary/aromatic N) is 3. The van der Waals surface area contributed by atoms with E-state index >= 15 is 4.39 Å². The largest absolute Gasteiger partial charge is 0.481 e. The average Bonchev–Trinajstić information content (AvgIpc) is 3.23. The molecule has 0 atom stereocenters. The van der Waals surface area contributed by atoms with Gasteiger partial charge in [-0.25, -0.2) is 18.2 Å². The molecule has 1 aliphatic heterocycles. The highest BCUT2D eigenvalue weighted by molar-refractivity contribution is 5.75. The van der Waals surface area contributed by atoms with Crippen LogP contribution in [0.5, 0.6) is 0 Å². The highest BCUT2D eigenvalue weighted by Crippen LogP contribution is 2.38.